The third-order valence-corrected chi connectivity index (χ3v) is 2.90. The molecular formula is C13H14F3NO. The number of halogens is 3. The van der Waals surface area contributed by atoms with Gasteiger partial charge in [0, 0.05) is 18.0 Å². The van der Waals surface area contributed by atoms with Gasteiger partial charge in [-0.15, -0.1) is 0 Å². The van der Waals surface area contributed by atoms with Gasteiger partial charge in [-0.1, -0.05) is 18.2 Å². The van der Waals surface area contributed by atoms with Crippen LogP contribution >= 0.6 is 0 Å². The van der Waals surface area contributed by atoms with Gasteiger partial charge in [0.15, 0.2) is 0 Å². The minimum absolute atomic E-state index is 0.0423. The lowest BCUT2D eigenvalue weighted by Crippen LogP contribution is -2.15. The Balaban J connectivity index is 2.02. The quantitative estimate of drug-likeness (QED) is 0.878. The van der Waals surface area contributed by atoms with Crippen molar-refractivity contribution in [2.24, 2.45) is 5.92 Å². The number of nitrogens with one attached hydrogen (secondary N) is 1. The molecule has 18 heavy (non-hydrogen) atoms. The molecule has 1 N–H and O–H groups in total. The maximum absolute atomic E-state index is 12.2. The summed E-state index contributed by atoms with van der Waals surface area (Å²) in [6.07, 6.45) is -3.41. The number of alkyl halides is 3. The molecule has 2 nitrogen and oxygen atoms in total. The molecule has 5 heteroatoms. The second-order valence-corrected chi connectivity index (χ2v) is 4.54. The third-order valence-electron chi connectivity index (χ3n) is 2.90. The van der Waals surface area contributed by atoms with E-state index >= 15 is 0 Å². The van der Waals surface area contributed by atoms with Crippen LogP contribution in [0.1, 0.15) is 24.8 Å². The normalized spacial score (nSPS) is 15.5. The fourth-order valence-electron chi connectivity index (χ4n) is 1.72. The zero-order valence-corrected chi connectivity index (χ0v) is 9.76. The Labute approximate surface area is 103 Å². The molecule has 1 saturated carbocycles. The first kappa shape index (κ1) is 12.9. The lowest BCUT2D eigenvalue weighted by Gasteiger charge is -2.12. The lowest BCUT2D eigenvalue weighted by molar-refractivity contribution is -0.133. The van der Waals surface area contributed by atoms with Crippen LogP contribution in [0, 0.1) is 5.92 Å². The van der Waals surface area contributed by atoms with E-state index < -0.39 is 12.6 Å². The van der Waals surface area contributed by atoms with Crippen molar-refractivity contribution >= 4 is 11.6 Å². The number of rotatable bonds is 4. The number of para-hydroxylation sites is 1. The van der Waals surface area contributed by atoms with Crippen molar-refractivity contribution in [3.05, 3.63) is 29.8 Å². The van der Waals surface area contributed by atoms with Gasteiger partial charge < -0.3 is 5.32 Å². The van der Waals surface area contributed by atoms with Crippen molar-refractivity contribution in [1.29, 1.82) is 0 Å². The highest BCUT2D eigenvalue weighted by atomic mass is 19.4. The van der Waals surface area contributed by atoms with Gasteiger partial charge in [0.2, 0.25) is 5.91 Å². The average molecular weight is 257 g/mol. The van der Waals surface area contributed by atoms with Gasteiger partial charge >= 0.3 is 6.18 Å². The van der Waals surface area contributed by atoms with Crippen LogP contribution in [0.4, 0.5) is 18.9 Å². The third kappa shape index (κ3) is 3.75. The van der Waals surface area contributed by atoms with Crippen LogP contribution in [-0.4, -0.2) is 12.1 Å². The molecule has 2 rings (SSSR count). The molecule has 1 aromatic rings. The second-order valence-electron chi connectivity index (χ2n) is 4.54. The predicted molar refractivity (Wildman–Crippen MR) is 62.2 cm³/mol. The molecule has 0 bridgehead atoms. The number of aryl methyl sites for hydroxylation is 1. The Kier molecular flexibility index (Phi) is 3.59. The number of hydrogen-bond donors (Lipinski definition) is 1. The van der Waals surface area contributed by atoms with E-state index in [1.165, 1.54) is 0 Å². The Morgan fingerprint density at radius 2 is 1.94 bits per heavy atom. The molecule has 0 spiro atoms. The monoisotopic (exact) mass is 257 g/mol. The van der Waals surface area contributed by atoms with Crippen LogP contribution in [0.3, 0.4) is 0 Å². The van der Waals surface area contributed by atoms with Crippen LogP contribution < -0.4 is 5.32 Å². The summed E-state index contributed by atoms with van der Waals surface area (Å²) >= 11 is 0. The zero-order valence-electron chi connectivity index (χ0n) is 9.76. The molecule has 0 radical (unpaired) electrons. The number of benzene rings is 1. The summed E-state index contributed by atoms with van der Waals surface area (Å²) in [7, 11) is 0. The van der Waals surface area contributed by atoms with Crippen LogP contribution in [0.2, 0.25) is 0 Å². The van der Waals surface area contributed by atoms with Gasteiger partial charge in [-0.25, -0.2) is 0 Å². The second kappa shape index (κ2) is 5.00. The zero-order chi connectivity index (χ0) is 13.2. The Morgan fingerprint density at radius 1 is 1.28 bits per heavy atom. The molecule has 1 amide bonds. The summed E-state index contributed by atoms with van der Waals surface area (Å²) in [6.45, 7) is 0. The van der Waals surface area contributed by atoms with E-state index in [1.807, 2.05) is 0 Å². The van der Waals surface area contributed by atoms with E-state index in [1.54, 1.807) is 24.3 Å². The van der Waals surface area contributed by atoms with Crippen molar-refractivity contribution in [1.82, 2.24) is 0 Å². The SMILES string of the molecule is O=C(Nc1ccccc1CCC(F)(F)F)C1CC1. The smallest absolute Gasteiger partial charge is 0.326 e. The number of carbonyl (C=O) groups excluding carboxylic acids is 1. The predicted octanol–water partition coefficient (Wildman–Crippen LogP) is 3.53. The van der Waals surface area contributed by atoms with Gasteiger partial charge in [-0.2, -0.15) is 13.2 Å². The van der Waals surface area contributed by atoms with E-state index in [0.29, 0.717) is 11.3 Å². The molecule has 0 heterocycles. The van der Waals surface area contributed by atoms with Crippen molar-refractivity contribution in [3.8, 4) is 0 Å². The van der Waals surface area contributed by atoms with Crippen molar-refractivity contribution in [2.45, 2.75) is 31.9 Å². The van der Waals surface area contributed by atoms with Crippen molar-refractivity contribution in [3.63, 3.8) is 0 Å². The largest absolute Gasteiger partial charge is 0.389 e. The summed E-state index contributed by atoms with van der Waals surface area (Å²) in [5.41, 5.74) is 1.03. The average Bonchev–Trinajstić information content (AvgIpc) is 3.10. The molecule has 1 aliphatic rings. The van der Waals surface area contributed by atoms with E-state index in [4.69, 9.17) is 0 Å². The first-order chi connectivity index (χ1) is 8.46. The molecule has 0 unspecified atom stereocenters. The standard InChI is InChI=1S/C13H14F3NO/c14-13(15,16)8-7-9-3-1-2-4-11(9)17-12(18)10-5-6-10/h1-4,10H,5-8H2,(H,17,18). The number of hydrogen-bond acceptors (Lipinski definition) is 1. The number of carbonyl (C=O) groups is 1. The highest BCUT2D eigenvalue weighted by Crippen LogP contribution is 2.31. The van der Waals surface area contributed by atoms with Gasteiger partial charge in [0.1, 0.15) is 0 Å². The summed E-state index contributed by atoms with van der Waals surface area (Å²) in [4.78, 5) is 11.6. The highest BCUT2D eigenvalue weighted by Gasteiger charge is 2.30. The molecule has 1 fully saturated rings. The lowest BCUT2D eigenvalue weighted by atomic mass is 10.1. The van der Waals surface area contributed by atoms with Crippen molar-refractivity contribution < 1.29 is 18.0 Å². The van der Waals surface area contributed by atoms with E-state index in [9.17, 15) is 18.0 Å². The van der Waals surface area contributed by atoms with Gasteiger partial charge in [-0.3, -0.25) is 4.79 Å². The first-order valence-electron chi connectivity index (χ1n) is 5.91. The minimum Gasteiger partial charge on any atom is -0.326 e. The Morgan fingerprint density at radius 3 is 2.56 bits per heavy atom. The Bertz CT molecular complexity index is 438. The summed E-state index contributed by atoms with van der Waals surface area (Å²) in [5.74, 6) is -0.0462. The van der Waals surface area contributed by atoms with E-state index in [2.05, 4.69) is 5.32 Å². The van der Waals surface area contributed by atoms with E-state index in [0.717, 1.165) is 12.8 Å². The summed E-state index contributed by atoms with van der Waals surface area (Å²) in [5, 5.41) is 2.70. The molecule has 0 aromatic heterocycles. The first-order valence-corrected chi connectivity index (χ1v) is 5.91. The summed E-state index contributed by atoms with van der Waals surface area (Å²) < 4.78 is 36.6. The van der Waals surface area contributed by atoms with Crippen LogP contribution in [0.5, 0.6) is 0 Å². The van der Waals surface area contributed by atoms with Gasteiger partial charge in [0.25, 0.3) is 0 Å². The van der Waals surface area contributed by atoms with Crippen LogP contribution in [0.25, 0.3) is 0 Å². The summed E-state index contributed by atoms with van der Waals surface area (Å²) in [6, 6.07) is 6.65. The maximum atomic E-state index is 12.2. The molecule has 0 saturated heterocycles. The molecule has 1 aromatic carbocycles. The molecule has 0 atom stereocenters. The fourth-order valence-corrected chi connectivity index (χ4v) is 1.72. The number of anilines is 1. The van der Waals surface area contributed by atoms with Crippen LogP contribution in [0.15, 0.2) is 24.3 Å². The van der Waals surface area contributed by atoms with Gasteiger partial charge in [-0.05, 0) is 30.9 Å². The van der Waals surface area contributed by atoms with E-state index in [-0.39, 0.29) is 18.2 Å². The highest BCUT2D eigenvalue weighted by molar-refractivity contribution is 5.94. The molecular weight excluding hydrogens is 243 g/mol. The fraction of sp³-hybridized carbons (Fsp3) is 0.462. The molecule has 1 aliphatic carbocycles. The van der Waals surface area contributed by atoms with Crippen LogP contribution in [-0.2, 0) is 11.2 Å². The van der Waals surface area contributed by atoms with Gasteiger partial charge in [0.05, 0.1) is 0 Å². The molecule has 98 valence electrons. The minimum atomic E-state index is -4.17. The Hall–Kier alpha value is -1.52. The van der Waals surface area contributed by atoms with Crippen molar-refractivity contribution in [2.75, 3.05) is 5.32 Å². The topological polar surface area (TPSA) is 29.1 Å². The maximum Gasteiger partial charge on any atom is 0.389 e. The number of amides is 1. The molecule has 0 aliphatic heterocycles.